The number of rotatable bonds is 4. The monoisotopic (exact) mass is 542 g/mol. The van der Waals surface area contributed by atoms with Crippen LogP contribution in [0.15, 0.2) is 110 Å². The zero-order valence-corrected chi connectivity index (χ0v) is 24.2. The molecule has 0 aliphatic rings. The maximum atomic E-state index is 4.95. The lowest BCUT2D eigenvalue weighted by Gasteiger charge is -2.19. The average Bonchev–Trinajstić information content (AvgIpc) is 3.00. The van der Waals surface area contributed by atoms with Crippen LogP contribution >= 0.6 is 0 Å². The maximum Gasteiger partial charge on any atom is 0.0915 e. The zero-order valence-electron chi connectivity index (χ0n) is 24.2. The Morgan fingerprint density at radius 3 is 1.79 bits per heavy atom. The number of fused-ring (bicyclic) bond motifs is 2. The van der Waals surface area contributed by atoms with E-state index in [-0.39, 0.29) is 0 Å². The second-order valence-electron chi connectivity index (χ2n) is 11.0. The number of aryl methyl sites for hydroxylation is 4. The van der Waals surface area contributed by atoms with Crippen molar-refractivity contribution in [3.05, 3.63) is 132 Å². The summed E-state index contributed by atoms with van der Waals surface area (Å²) >= 11 is 0. The molecule has 0 amide bonds. The second-order valence-corrected chi connectivity index (χ2v) is 11.0. The van der Waals surface area contributed by atoms with Gasteiger partial charge in [0.15, 0.2) is 0 Å². The van der Waals surface area contributed by atoms with Crippen LogP contribution in [0, 0.1) is 27.7 Å². The van der Waals surface area contributed by atoms with Crippen LogP contribution in [0.1, 0.15) is 22.3 Å². The van der Waals surface area contributed by atoms with Gasteiger partial charge in [0, 0.05) is 47.7 Å². The van der Waals surface area contributed by atoms with Gasteiger partial charge in [-0.25, -0.2) is 0 Å². The van der Waals surface area contributed by atoms with Crippen LogP contribution in [0.5, 0.6) is 0 Å². The second kappa shape index (κ2) is 10.3. The van der Waals surface area contributed by atoms with Gasteiger partial charge in [0.05, 0.1) is 17.1 Å². The van der Waals surface area contributed by atoms with Gasteiger partial charge in [0.2, 0.25) is 0 Å². The van der Waals surface area contributed by atoms with Crippen LogP contribution in [-0.2, 0) is 0 Å². The fraction of sp³-hybridized carbons (Fsp3) is 0.105. The van der Waals surface area contributed by atoms with Gasteiger partial charge in [-0.3, -0.25) is 19.9 Å². The molecule has 7 rings (SSSR count). The molecule has 4 heterocycles. The molecular formula is C38H30N4. The molecule has 0 radical (unpaired) electrons. The van der Waals surface area contributed by atoms with Gasteiger partial charge in [-0.1, -0.05) is 48.5 Å². The number of aromatic nitrogens is 4. The van der Waals surface area contributed by atoms with Crippen LogP contribution < -0.4 is 0 Å². The fourth-order valence-electron chi connectivity index (χ4n) is 6.10. The largest absolute Gasteiger partial charge is 0.264 e. The van der Waals surface area contributed by atoms with E-state index in [9.17, 15) is 0 Å². The molecule has 0 fully saturated rings. The van der Waals surface area contributed by atoms with Crippen molar-refractivity contribution in [1.29, 1.82) is 0 Å². The molecule has 3 aromatic carbocycles. The Morgan fingerprint density at radius 1 is 0.476 bits per heavy atom. The highest BCUT2D eigenvalue weighted by molar-refractivity contribution is 6.21. The lowest BCUT2D eigenvalue weighted by atomic mass is 9.85. The van der Waals surface area contributed by atoms with Crippen LogP contribution in [0.3, 0.4) is 0 Å². The summed E-state index contributed by atoms with van der Waals surface area (Å²) in [7, 11) is 0. The number of hydrogen-bond acceptors (Lipinski definition) is 4. The zero-order chi connectivity index (χ0) is 28.8. The van der Waals surface area contributed by atoms with E-state index in [1.54, 1.807) is 0 Å². The van der Waals surface area contributed by atoms with Gasteiger partial charge in [-0.05, 0) is 113 Å². The van der Waals surface area contributed by atoms with Crippen molar-refractivity contribution < 1.29 is 0 Å². The van der Waals surface area contributed by atoms with Gasteiger partial charge in [-0.2, -0.15) is 0 Å². The Hall–Kier alpha value is -5.22. The summed E-state index contributed by atoms with van der Waals surface area (Å²) in [6.07, 6.45) is 9.60. The standard InChI is InChI=1S/C38H30N4/c1-23-13-16-40-35(17-23)38-25(3)18-27(21-42-38)36-29-9-5-7-11-31(29)37(32-12-8-6-10-30(32)36)33-22-41-34(19-24(33)2)28-14-15-39-20-26(28)4/h5-22H,1-4H3. The molecule has 7 aromatic rings. The number of nitrogens with zero attached hydrogens (tertiary/aromatic N) is 4. The van der Waals surface area contributed by atoms with E-state index in [0.29, 0.717) is 0 Å². The Balaban J connectivity index is 1.46. The molecule has 202 valence electrons. The van der Waals surface area contributed by atoms with E-state index in [0.717, 1.165) is 44.9 Å². The summed E-state index contributed by atoms with van der Waals surface area (Å²) in [5, 5.41) is 4.79. The van der Waals surface area contributed by atoms with Gasteiger partial charge in [-0.15, -0.1) is 0 Å². The molecule has 0 spiro atoms. The average molecular weight is 543 g/mol. The highest BCUT2D eigenvalue weighted by atomic mass is 14.8. The molecule has 0 bridgehead atoms. The van der Waals surface area contributed by atoms with E-state index in [4.69, 9.17) is 9.97 Å². The molecular weight excluding hydrogens is 512 g/mol. The van der Waals surface area contributed by atoms with Gasteiger partial charge >= 0.3 is 0 Å². The van der Waals surface area contributed by atoms with Gasteiger partial charge in [0.25, 0.3) is 0 Å². The quantitative estimate of drug-likeness (QED) is 0.208. The lowest BCUT2D eigenvalue weighted by molar-refractivity contribution is 1.20. The fourth-order valence-corrected chi connectivity index (χ4v) is 6.10. The molecule has 0 unspecified atom stereocenters. The minimum absolute atomic E-state index is 0.900. The first-order valence-electron chi connectivity index (χ1n) is 14.2. The predicted octanol–water partition coefficient (Wildman–Crippen LogP) is 9.47. The maximum absolute atomic E-state index is 4.95. The van der Waals surface area contributed by atoms with E-state index in [2.05, 4.69) is 104 Å². The van der Waals surface area contributed by atoms with Crippen LogP contribution in [0.4, 0.5) is 0 Å². The number of hydrogen-bond donors (Lipinski definition) is 0. The van der Waals surface area contributed by atoms with E-state index in [1.165, 1.54) is 43.8 Å². The van der Waals surface area contributed by atoms with Gasteiger partial charge < -0.3 is 0 Å². The molecule has 0 aliphatic carbocycles. The highest BCUT2D eigenvalue weighted by Crippen LogP contribution is 2.44. The third-order valence-electron chi connectivity index (χ3n) is 8.13. The third-order valence-corrected chi connectivity index (χ3v) is 8.13. The molecule has 0 atom stereocenters. The topological polar surface area (TPSA) is 51.6 Å². The van der Waals surface area contributed by atoms with Crippen molar-refractivity contribution >= 4 is 21.5 Å². The number of pyridine rings is 4. The summed E-state index contributed by atoms with van der Waals surface area (Å²) < 4.78 is 0. The van der Waals surface area contributed by atoms with E-state index in [1.807, 2.05) is 43.1 Å². The van der Waals surface area contributed by atoms with Crippen molar-refractivity contribution in [3.8, 4) is 44.9 Å². The van der Waals surface area contributed by atoms with Crippen molar-refractivity contribution in [2.45, 2.75) is 27.7 Å². The Labute approximate surface area is 245 Å². The van der Waals surface area contributed by atoms with Crippen molar-refractivity contribution in [3.63, 3.8) is 0 Å². The summed E-state index contributed by atoms with van der Waals surface area (Å²) in [6.45, 7) is 8.46. The van der Waals surface area contributed by atoms with Gasteiger partial charge in [0.1, 0.15) is 0 Å². The van der Waals surface area contributed by atoms with Crippen LogP contribution in [-0.4, -0.2) is 19.9 Å². The van der Waals surface area contributed by atoms with E-state index < -0.39 is 0 Å². The molecule has 4 aromatic heterocycles. The lowest BCUT2D eigenvalue weighted by Crippen LogP contribution is -1.96. The Bertz CT molecular complexity index is 2090. The van der Waals surface area contributed by atoms with Crippen molar-refractivity contribution in [2.75, 3.05) is 0 Å². The first kappa shape index (κ1) is 25.7. The highest BCUT2D eigenvalue weighted by Gasteiger charge is 2.19. The molecule has 0 N–H and O–H groups in total. The van der Waals surface area contributed by atoms with Crippen molar-refractivity contribution in [2.24, 2.45) is 0 Å². The predicted molar refractivity (Wildman–Crippen MR) is 173 cm³/mol. The first-order chi connectivity index (χ1) is 20.5. The Morgan fingerprint density at radius 2 is 1.17 bits per heavy atom. The summed E-state index contributed by atoms with van der Waals surface area (Å²) in [5.74, 6) is 0. The normalized spacial score (nSPS) is 11.3. The summed E-state index contributed by atoms with van der Waals surface area (Å²) in [5.41, 5.74) is 13.1. The molecule has 4 heteroatoms. The van der Waals surface area contributed by atoms with Crippen LogP contribution in [0.2, 0.25) is 0 Å². The molecule has 0 aliphatic heterocycles. The number of benzene rings is 3. The Kier molecular flexibility index (Phi) is 6.32. The first-order valence-corrected chi connectivity index (χ1v) is 14.2. The SMILES string of the molecule is Cc1ccnc(-c2ncc(-c3c4ccccc4c(-c4cnc(-c5ccncc5C)cc4C)c4ccccc34)cc2C)c1. The molecule has 0 saturated carbocycles. The third kappa shape index (κ3) is 4.33. The molecule has 4 nitrogen and oxygen atoms in total. The smallest absolute Gasteiger partial charge is 0.0915 e. The van der Waals surface area contributed by atoms with E-state index >= 15 is 0 Å². The minimum Gasteiger partial charge on any atom is -0.264 e. The summed E-state index contributed by atoms with van der Waals surface area (Å²) in [6, 6.07) is 28.0. The van der Waals surface area contributed by atoms with Crippen molar-refractivity contribution in [1.82, 2.24) is 19.9 Å². The molecule has 0 saturated heterocycles. The molecule has 42 heavy (non-hydrogen) atoms. The minimum atomic E-state index is 0.900. The summed E-state index contributed by atoms with van der Waals surface area (Å²) in [4.78, 5) is 18.7. The van der Waals surface area contributed by atoms with Crippen LogP contribution in [0.25, 0.3) is 66.4 Å².